The first kappa shape index (κ1) is 13.4. The molecule has 0 spiro atoms. The standard InChI is InChI=1S/C12H14N2O5/c15-6-8-7-19-5-4-14(8)11(16)9-2-1-3-10(13-9)12(17)18/h1-3,8,15H,4-7H2,(H,17,18). The summed E-state index contributed by atoms with van der Waals surface area (Å²) in [5.74, 6) is -1.58. The van der Waals surface area contributed by atoms with E-state index in [0.29, 0.717) is 13.2 Å². The number of carboxylic acids is 1. The topological polar surface area (TPSA) is 100.0 Å². The number of ether oxygens (including phenoxy) is 1. The van der Waals surface area contributed by atoms with Gasteiger partial charge in [0.25, 0.3) is 5.91 Å². The van der Waals surface area contributed by atoms with Crippen molar-refractivity contribution < 1.29 is 24.5 Å². The smallest absolute Gasteiger partial charge is 0.354 e. The molecule has 1 atom stereocenters. The van der Waals surface area contributed by atoms with Gasteiger partial charge in [-0.2, -0.15) is 0 Å². The number of hydrogen-bond donors (Lipinski definition) is 2. The van der Waals surface area contributed by atoms with E-state index in [1.807, 2.05) is 0 Å². The number of amides is 1. The second-order valence-corrected chi connectivity index (χ2v) is 4.12. The highest BCUT2D eigenvalue weighted by molar-refractivity contribution is 5.94. The number of carbonyl (C=O) groups excluding carboxylic acids is 1. The number of aliphatic hydroxyl groups excluding tert-OH is 1. The second kappa shape index (κ2) is 5.77. The van der Waals surface area contributed by atoms with E-state index in [1.165, 1.54) is 23.1 Å². The number of aliphatic hydroxyl groups is 1. The second-order valence-electron chi connectivity index (χ2n) is 4.12. The van der Waals surface area contributed by atoms with E-state index >= 15 is 0 Å². The molecule has 1 amide bonds. The molecule has 2 rings (SSSR count). The Morgan fingerprint density at radius 2 is 2.16 bits per heavy atom. The minimum Gasteiger partial charge on any atom is -0.477 e. The first-order valence-corrected chi connectivity index (χ1v) is 5.83. The molecule has 0 saturated carbocycles. The van der Waals surface area contributed by atoms with Crippen molar-refractivity contribution >= 4 is 11.9 Å². The van der Waals surface area contributed by atoms with Gasteiger partial charge < -0.3 is 19.8 Å². The molecule has 1 saturated heterocycles. The summed E-state index contributed by atoms with van der Waals surface area (Å²) < 4.78 is 5.18. The Balaban J connectivity index is 2.22. The molecule has 1 unspecified atom stereocenters. The zero-order chi connectivity index (χ0) is 13.8. The van der Waals surface area contributed by atoms with Crippen LogP contribution < -0.4 is 0 Å². The normalized spacial score (nSPS) is 19.2. The van der Waals surface area contributed by atoms with Gasteiger partial charge in [-0.05, 0) is 12.1 Å². The molecule has 2 N–H and O–H groups in total. The molecular formula is C12H14N2O5. The van der Waals surface area contributed by atoms with Gasteiger partial charge in [0.15, 0.2) is 0 Å². The summed E-state index contributed by atoms with van der Waals surface area (Å²) >= 11 is 0. The van der Waals surface area contributed by atoms with Crippen LogP contribution in [0.25, 0.3) is 0 Å². The predicted molar refractivity (Wildman–Crippen MR) is 63.9 cm³/mol. The van der Waals surface area contributed by atoms with E-state index in [0.717, 1.165) is 0 Å². The third kappa shape index (κ3) is 2.88. The number of rotatable bonds is 3. The summed E-state index contributed by atoms with van der Waals surface area (Å²) in [5.41, 5.74) is -0.125. The number of nitrogens with zero attached hydrogens (tertiary/aromatic N) is 2. The van der Waals surface area contributed by atoms with Crippen molar-refractivity contribution in [2.75, 3.05) is 26.4 Å². The molecule has 1 aliphatic rings. The summed E-state index contributed by atoms with van der Waals surface area (Å²) in [4.78, 5) is 28.3. The summed E-state index contributed by atoms with van der Waals surface area (Å²) in [6.07, 6.45) is 0. The molecule has 1 aliphatic heterocycles. The fourth-order valence-corrected chi connectivity index (χ4v) is 1.89. The van der Waals surface area contributed by atoms with Crippen molar-refractivity contribution in [2.45, 2.75) is 6.04 Å². The molecule has 1 fully saturated rings. The van der Waals surface area contributed by atoms with Crippen LogP contribution in [0.15, 0.2) is 18.2 Å². The molecule has 1 aromatic heterocycles. The van der Waals surface area contributed by atoms with Gasteiger partial charge in [-0.3, -0.25) is 4.79 Å². The Bertz CT molecular complexity index is 491. The van der Waals surface area contributed by atoms with Crippen LogP contribution in [-0.4, -0.2) is 64.4 Å². The Kier molecular flexibility index (Phi) is 4.08. The highest BCUT2D eigenvalue weighted by Crippen LogP contribution is 2.11. The van der Waals surface area contributed by atoms with Gasteiger partial charge in [0.05, 0.1) is 25.9 Å². The number of morpholine rings is 1. The Hall–Kier alpha value is -1.99. The lowest BCUT2D eigenvalue weighted by Crippen LogP contribution is -2.50. The zero-order valence-electron chi connectivity index (χ0n) is 10.2. The third-order valence-electron chi connectivity index (χ3n) is 2.89. The van der Waals surface area contributed by atoms with E-state index in [2.05, 4.69) is 4.98 Å². The largest absolute Gasteiger partial charge is 0.477 e. The van der Waals surface area contributed by atoms with Crippen LogP contribution >= 0.6 is 0 Å². The quantitative estimate of drug-likeness (QED) is 0.773. The van der Waals surface area contributed by atoms with Crippen LogP contribution in [0.4, 0.5) is 0 Å². The number of aromatic carboxylic acids is 1. The third-order valence-corrected chi connectivity index (χ3v) is 2.89. The van der Waals surface area contributed by atoms with Crippen LogP contribution in [0.5, 0.6) is 0 Å². The molecule has 0 aliphatic carbocycles. The van der Waals surface area contributed by atoms with Gasteiger partial charge in [0.1, 0.15) is 11.4 Å². The predicted octanol–water partition coefficient (Wildman–Crippen LogP) is -0.387. The molecule has 0 bridgehead atoms. The first-order chi connectivity index (χ1) is 9.13. The van der Waals surface area contributed by atoms with Gasteiger partial charge in [-0.15, -0.1) is 0 Å². The Morgan fingerprint density at radius 3 is 2.84 bits per heavy atom. The summed E-state index contributed by atoms with van der Waals surface area (Å²) in [5, 5.41) is 18.1. The molecular weight excluding hydrogens is 252 g/mol. The van der Waals surface area contributed by atoms with Crippen molar-refractivity contribution in [3.8, 4) is 0 Å². The van der Waals surface area contributed by atoms with Gasteiger partial charge in [-0.25, -0.2) is 9.78 Å². The maximum absolute atomic E-state index is 12.2. The summed E-state index contributed by atoms with van der Waals surface area (Å²) in [7, 11) is 0. The number of carboxylic acid groups (broad SMARTS) is 1. The average Bonchev–Trinajstić information content (AvgIpc) is 2.46. The molecule has 102 valence electrons. The zero-order valence-corrected chi connectivity index (χ0v) is 10.2. The molecule has 7 nitrogen and oxygen atoms in total. The van der Waals surface area contributed by atoms with Gasteiger partial charge >= 0.3 is 5.97 Å². The van der Waals surface area contributed by atoms with Crippen molar-refractivity contribution in [3.05, 3.63) is 29.6 Å². The van der Waals surface area contributed by atoms with Crippen LogP contribution in [0.3, 0.4) is 0 Å². The molecule has 7 heteroatoms. The van der Waals surface area contributed by atoms with Crippen molar-refractivity contribution in [3.63, 3.8) is 0 Å². The van der Waals surface area contributed by atoms with E-state index < -0.39 is 17.9 Å². The summed E-state index contributed by atoms with van der Waals surface area (Å²) in [6, 6.07) is 3.83. The minimum atomic E-state index is -1.18. The lowest BCUT2D eigenvalue weighted by atomic mass is 10.2. The fourth-order valence-electron chi connectivity index (χ4n) is 1.89. The van der Waals surface area contributed by atoms with E-state index in [1.54, 1.807) is 0 Å². The lowest BCUT2D eigenvalue weighted by Gasteiger charge is -2.34. The molecule has 0 radical (unpaired) electrons. The molecule has 1 aromatic rings. The van der Waals surface area contributed by atoms with E-state index in [-0.39, 0.29) is 24.6 Å². The first-order valence-electron chi connectivity index (χ1n) is 5.83. The van der Waals surface area contributed by atoms with Crippen LogP contribution in [0.2, 0.25) is 0 Å². The average molecular weight is 266 g/mol. The van der Waals surface area contributed by atoms with Gasteiger partial charge in [0, 0.05) is 6.54 Å². The molecule has 0 aromatic carbocycles. The monoisotopic (exact) mass is 266 g/mol. The highest BCUT2D eigenvalue weighted by Gasteiger charge is 2.28. The van der Waals surface area contributed by atoms with E-state index in [4.69, 9.17) is 9.84 Å². The number of aromatic nitrogens is 1. The van der Waals surface area contributed by atoms with Crippen LogP contribution in [0.1, 0.15) is 21.0 Å². The van der Waals surface area contributed by atoms with Gasteiger partial charge in [0.2, 0.25) is 0 Å². The Labute approximate surface area is 109 Å². The SMILES string of the molecule is O=C(O)c1cccc(C(=O)N2CCOCC2CO)n1. The maximum Gasteiger partial charge on any atom is 0.354 e. The maximum atomic E-state index is 12.2. The van der Waals surface area contributed by atoms with Crippen molar-refractivity contribution in [2.24, 2.45) is 0 Å². The van der Waals surface area contributed by atoms with Gasteiger partial charge in [-0.1, -0.05) is 6.07 Å². The lowest BCUT2D eigenvalue weighted by molar-refractivity contribution is -0.0186. The minimum absolute atomic E-state index is 0.0558. The number of hydrogen-bond acceptors (Lipinski definition) is 5. The molecule has 19 heavy (non-hydrogen) atoms. The van der Waals surface area contributed by atoms with Crippen LogP contribution in [0, 0.1) is 0 Å². The Morgan fingerprint density at radius 1 is 1.42 bits per heavy atom. The van der Waals surface area contributed by atoms with Crippen molar-refractivity contribution in [1.29, 1.82) is 0 Å². The summed E-state index contributed by atoms with van der Waals surface area (Å²) in [6.45, 7) is 0.801. The van der Waals surface area contributed by atoms with Crippen LogP contribution in [-0.2, 0) is 4.74 Å². The van der Waals surface area contributed by atoms with E-state index in [9.17, 15) is 14.7 Å². The fraction of sp³-hybridized carbons (Fsp3) is 0.417. The molecule has 2 heterocycles. The number of carbonyl (C=O) groups is 2. The van der Waals surface area contributed by atoms with Crippen molar-refractivity contribution in [1.82, 2.24) is 9.88 Å². The number of pyridine rings is 1. The highest BCUT2D eigenvalue weighted by atomic mass is 16.5.